The standard InChI is InChI=1S/C20H18F2O/c1-2-3-8-23-20-7-6-14-9-15(4-5-16(14)12-20)17-10-18(21)13-19(22)11-17/h4-7,9-13H,2-3,8H2,1H3. The van der Waals surface area contributed by atoms with Gasteiger partial charge in [0.05, 0.1) is 6.61 Å². The van der Waals surface area contributed by atoms with E-state index in [-0.39, 0.29) is 0 Å². The molecule has 0 heterocycles. The van der Waals surface area contributed by atoms with Gasteiger partial charge in [-0.3, -0.25) is 0 Å². The first-order valence-electron chi connectivity index (χ1n) is 7.79. The molecule has 23 heavy (non-hydrogen) atoms. The lowest BCUT2D eigenvalue weighted by Crippen LogP contribution is -1.96. The van der Waals surface area contributed by atoms with Gasteiger partial charge in [-0.05, 0) is 58.7 Å². The van der Waals surface area contributed by atoms with Crippen molar-refractivity contribution < 1.29 is 13.5 Å². The van der Waals surface area contributed by atoms with Gasteiger partial charge in [0.15, 0.2) is 0 Å². The molecule has 3 aromatic rings. The average molecular weight is 312 g/mol. The SMILES string of the molecule is CCCCOc1ccc2cc(-c3cc(F)cc(F)c3)ccc2c1. The fourth-order valence-electron chi connectivity index (χ4n) is 2.55. The van der Waals surface area contributed by atoms with Crippen molar-refractivity contribution in [3.63, 3.8) is 0 Å². The molecule has 0 amide bonds. The lowest BCUT2D eigenvalue weighted by molar-refractivity contribution is 0.310. The van der Waals surface area contributed by atoms with Crippen LogP contribution >= 0.6 is 0 Å². The largest absolute Gasteiger partial charge is 0.494 e. The van der Waals surface area contributed by atoms with Gasteiger partial charge in [-0.1, -0.05) is 31.5 Å². The van der Waals surface area contributed by atoms with Gasteiger partial charge >= 0.3 is 0 Å². The summed E-state index contributed by atoms with van der Waals surface area (Å²) in [6.45, 7) is 2.84. The monoisotopic (exact) mass is 312 g/mol. The highest BCUT2D eigenvalue weighted by Gasteiger charge is 2.05. The van der Waals surface area contributed by atoms with Crippen LogP contribution in [0.3, 0.4) is 0 Å². The van der Waals surface area contributed by atoms with Gasteiger partial charge < -0.3 is 4.74 Å². The predicted octanol–water partition coefficient (Wildman–Crippen LogP) is 5.96. The molecular weight excluding hydrogens is 294 g/mol. The molecule has 0 radical (unpaired) electrons. The Kier molecular flexibility index (Phi) is 4.56. The van der Waals surface area contributed by atoms with Gasteiger partial charge in [0, 0.05) is 6.07 Å². The highest BCUT2D eigenvalue weighted by Crippen LogP contribution is 2.28. The van der Waals surface area contributed by atoms with Crippen LogP contribution in [0.1, 0.15) is 19.8 Å². The fraction of sp³-hybridized carbons (Fsp3) is 0.200. The molecule has 1 nitrogen and oxygen atoms in total. The molecular formula is C20H18F2O. The van der Waals surface area contributed by atoms with Crippen LogP contribution in [0, 0.1) is 11.6 Å². The second-order valence-corrected chi connectivity index (χ2v) is 5.58. The average Bonchev–Trinajstić information content (AvgIpc) is 2.53. The number of hydrogen-bond acceptors (Lipinski definition) is 1. The number of halogens is 2. The van der Waals surface area contributed by atoms with Gasteiger partial charge in [0.25, 0.3) is 0 Å². The van der Waals surface area contributed by atoms with Crippen molar-refractivity contribution in [2.75, 3.05) is 6.61 Å². The van der Waals surface area contributed by atoms with Crippen LogP contribution < -0.4 is 4.74 Å². The van der Waals surface area contributed by atoms with Gasteiger partial charge in [0.2, 0.25) is 0 Å². The maximum absolute atomic E-state index is 13.4. The van der Waals surface area contributed by atoms with Crippen molar-refractivity contribution >= 4 is 10.8 Å². The summed E-state index contributed by atoms with van der Waals surface area (Å²) in [4.78, 5) is 0. The fourth-order valence-corrected chi connectivity index (χ4v) is 2.55. The molecule has 0 N–H and O–H groups in total. The smallest absolute Gasteiger partial charge is 0.126 e. The Morgan fingerprint density at radius 3 is 2.22 bits per heavy atom. The molecule has 0 aliphatic heterocycles. The lowest BCUT2D eigenvalue weighted by Gasteiger charge is -2.08. The van der Waals surface area contributed by atoms with Gasteiger partial charge in [-0.15, -0.1) is 0 Å². The summed E-state index contributed by atoms with van der Waals surface area (Å²) >= 11 is 0. The maximum atomic E-state index is 13.4. The van der Waals surface area contributed by atoms with Crippen LogP contribution in [0.2, 0.25) is 0 Å². The van der Waals surface area contributed by atoms with E-state index in [9.17, 15) is 8.78 Å². The zero-order valence-corrected chi connectivity index (χ0v) is 13.0. The van der Waals surface area contributed by atoms with E-state index in [2.05, 4.69) is 6.92 Å². The van der Waals surface area contributed by atoms with E-state index in [1.165, 1.54) is 12.1 Å². The van der Waals surface area contributed by atoms with Crippen molar-refractivity contribution in [1.82, 2.24) is 0 Å². The van der Waals surface area contributed by atoms with Crippen LogP contribution in [0.4, 0.5) is 8.78 Å². The van der Waals surface area contributed by atoms with Crippen LogP contribution in [0.15, 0.2) is 54.6 Å². The number of rotatable bonds is 5. The minimum atomic E-state index is -0.570. The molecule has 0 aliphatic carbocycles. The molecule has 0 bridgehead atoms. The quantitative estimate of drug-likeness (QED) is 0.528. The Hall–Kier alpha value is -2.42. The molecule has 3 heteroatoms. The molecule has 0 aliphatic rings. The molecule has 3 rings (SSSR count). The predicted molar refractivity (Wildman–Crippen MR) is 89.7 cm³/mol. The second kappa shape index (κ2) is 6.78. The summed E-state index contributed by atoms with van der Waals surface area (Å²) in [5.41, 5.74) is 1.32. The van der Waals surface area contributed by atoms with Crippen molar-refractivity contribution in [3.05, 3.63) is 66.2 Å². The first-order valence-corrected chi connectivity index (χ1v) is 7.79. The van der Waals surface area contributed by atoms with E-state index in [1.807, 2.05) is 36.4 Å². The van der Waals surface area contributed by atoms with Crippen LogP contribution in [-0.2, 0) is 0 Å². The topological polar surface area (TPSA) is 9.23 Å². The molecule has 0 spiro atoms. The Bertz CT molecular complexity index is 807. The van der Waals surface area contributed by atoms with Crippen molar-refractivity contribution in [3.8, 4) is 16.9 Å². The van der Waals surface area contributed by atoms with E-state index in [0.29, 0.717) is 12.2 Å². The maximum Gasteiger partial charge on any atom is 0.126 e. The third kappa shape index (κ3) is 3.67. The summed E-state index contributed by atoms with van der Waals surface area (Å²) in [5, 5.41) is 2.05. The Labute approximate surface area is 134 Å². The summed E-state index contributed by atoms with van der Waals surface area (Å²) in [5.74, 6) is -0.296. The van der Waals surface area contributed by atoms with Crippen molar-refractivity contribution in [2.24, 2.45) is 0 Å². The molecule has 0 unspecified atom stereocenters. The summed E-state index contributed by atoms with van der Waals surface area (Å²) in [6, 6.07) is 15.2. The summed E-state index contributed by atoms with van der Waals surface area (Å²) in [6.07, 6.45) is 2.13. The zero-order valence-electron chi connectivity index (χ0n) is 13.0. The van der Waals surface area contributed by atoms with Gasteiger partial charge in [0.1, 0.15) is 17.4 Å². The molecule has 118 valence electrons. The molecule has 3 aromatic carbocycles. The minimum absolute atomic E-state index is 0.535. The van der Waals surface area contributed by atoms with Crippen LogP contribution in [0.5, 0.6) is 5.75 Å². The van der Waals surface area contributed by atoms with E-state index in [1.54, 1.807) is 0 Å². The zero-order chi connectivity index (χ0) is 16.2. The third-order valence-corrected chi connectivity index (χ3v) is 3.77. The van der Waals surface area contributed by atoms with Crippen molar-refractivity contribution in [1.29, 1.82) is 0 Å². The number of unbranched alkanes of at least 4 members (excludes halogenated alkanes) is 1. The highest BCUT2D eigenvalue weighted by atomic mass is 19.1. The normalized spacial score (nSPS) is 10.9. The molecule has 0 aromatic heterocycles. The first kappa shape index (κ1) is 15.5. The second-order valence-electron chi connectivity index (χ2n) is 5.58. The molecule has 0 fully saturated rings. The lowest BCUT2D eigenvalue weighted by atomic mass is 10.0. The Morgan fingerprint density at radius 2 is 1.48 bits per heavy atom. The summed E-state index contributed by atoms with van der Waals surface area (Å²) < 4.78 is 32.4. The number of benzene rings is 3. The van der Waals surface area contributed by atoms with E-state index in [0.717, 1.165) is 41.0 Å². The van der Waals surface area contributed by atoms with Gasteiger partial charge in [-0.2, -0.15) is 0 Å². The van der Waals surface area contributed by atoms with E-state index >= 15 is 0 Å². The minimum Gasteiger partial charge on any atom is -0.494 e. The van der Waals surface area contributed by atoms with Crippen LogP contribution in [0.25, 0.3) is 21.9 Å². The molecule has 0 atom stereocenters. The Morgan fingerprint density at radius 1 is 0.783 bits per heavy atom. The molecule has 0 saturated heterocycles. The number of fused-ring (bicyclic) bond motifs is 1. The van der Waals surface area contributed by atoms with Crippen molar-refractivity contribution in [2.45, 2.75) is 19.8 Å². The first-order chi connectivity index (χ1) is 11.2. The van der Waals surface area contributed by atoms with E-state index < -0.39 is 11.6 Å². The Balaban J connectivity index is 1.91. The number of hydrogen-bond donors (Lipinski definition) is 0. The number of ether oxygens (including phenoxy) is 1. The highest BCUT2D eigenvalue weighted by molar-refractivity contribution is 5.88. The third-order valence-electron chi connectivity index (χ3n) is 3.77. The van der Waals surface area contributed by atoms with Gasteiger partial charge in [-0.25, -0.2) is 8.78 Å². The van der Waals surface area contributed by atoms with E-state index in [4.69, 9.17) is 4.74 Å². The molecule has 0 saturated carbocycles. The van der Waals surface area contributed by atoms with Crippen LogP contribution in [-0.4, -0.2) is 6.61 Å². The summed E-state index contributed by atoms with van der Waals surface area (Å²) in [7, 11) is 0.